The normalized spacial score (nSPS) is 10.2. The Labute approximate surface area is 83.2 Å². The van der Waals surface area contributed by atoms with Crippen LogP contribution in [0.5, 0.6) is 0 Å². The molecule has 0 bridgehead atoms. The topological polar surface area (TPSA) is 51.8 Å². The van der Waals surface area contributed by atoms with Gasteiger partial charge in [0.05, 0.1) is 12.4 Å². The summed E-state index contributed by atoms with van der Waals surface area (Å²) in [6.07, 6.45) is 7.09. The number of nitrogens with zero attached hydrogens (tertiary/aromatic N) is 2. The second-order valence-corrected chi connectivity index (χ2v) is 3.95. The number of rotatable bonds is 5. The van der Waals surface area contributed by atoms with E-state index in [1.807, 2.05) is 0 Å². The van der Waals surface area contributed by atoms with Gasteiger partial charge in [-0.2, -0.15) is 0 Å². The highest BCUT2D eigenvalue weighted by Crippen LogP contribution is 2.16. The molecule has 13 heavy (non-hydrogen) atoms. The Bertz CT molecular complexity index is 252. The van der Waals surface area contributed by atoms with Gasteiger partial charge in [-0.3, -0.25) is 4.98 Å². The van der Waals surface area contributed by atoms with Gasteiger partial charge in [-0.05, 0) is 12.2 Å². The summed E-state index contributed by atoms with van der Waals surface area (Å²) in [6.45, 7) is 2.20. The molecule has 0 saturated carbocycles. The predicted molar refractivity (Wildman–Crippen MR) is 56.7 cm³/mol. The van der Waals surface area contributed by atoms with E-state index < -0.39 is 0 Å². The Morgan fingerprint density at radius 3 is 2.92 bits per heavy atom. The Hall–Kier alpha value is -0.770. The molecule has 72 valence electrons. The van der Waals surface area contributed by atoms with Gasteiger partial charge in [-0.15, -0.1) is 11.8 Å². The van der Waals surface area contributed by atoms with Crippen molar-refractivity contribution in [3.8, 4) is 0 Å². The molecule has 0 saturated heterocycles. The van der Waals surface area contributed by atoms with Gasteiger partial charge in [-0.25, -0.2) is 4.98 Å². The minimum atomic E-state index is 0.500. The van der Waals surface area contributed by atoms with Crippen LogP contribution in [0, 0.1) is 0 Å². The summed E-state index contributed by atoms with van der Waals surface area (Å²) < 4.78 is 0. The Morgan fingerprint density at radius 1 is 1.38 bits per heavy atom. The molecule has 4 heteroatoms. The summed E-state index contributed by atoms with van der Waals surface area (Å²) in [6, 6.07) is 0. The van der Waals surface area contributed by atoms with E-state index in [4.69, 9.17) is 5.73 Å². The first-order chi connectivity index (χ1) is 6.33. The molecule has 0 aliphatic heterocycles. The fourth-order valence-electron chi connectivity index (χ4n) is 0.961. The summed E-state index contributed by atoms with van der Waals surface area (Å²) in [5.41, 5.74) is 5.50. The van der Waals surface area contributed by atoms with E-state index in [0.29, 0.717) is 5.82 Å². The minimum Gasteiger partial charge on any atom is -0.382 e. The lowest BCUT2D eigenvalue weighted by atomic mass is 10.3. The summed E-state index contributed by atoms with van der Waals surface area (Å²) in [5.74, 6) is 1.60. The highest BCUT2D eigenvalue weighted by Gasteiger charge is 1.96. The van der Waals surface area contributed by atoms with Crippen LogP contribution in [-0.2, 0) is 0 Å². The minimum absolute atomic E-state index is 0.500. The monoisotopic (exact) mass is 197 g/mol. The molecular weight excluding hydrogens is 182 g/mol. The first kappa shape index (κ1) is 10.3. The van der Waals surface area contributed by atoms with Crippen molar-refractivity contribution < 1.29 is 0 Å². The fourth-order valence-corrected chi connectivity index (χ4v) is 1.82. The van der Waals surface area contributed by atoms with Gasteiger partial charge in [0.1, 0.15) is 10.8 Å². The Morgan fingerprint density at radius 2 is 2.23 bits per heavy atom. The molecule has 0 fully saturated rings. The molecule has 1 aromatic rings. The summed E-state index contributed by atoms with van der Waals surface area (Å²) in [5, 5.41) is 0.927. The summed E-state index contributed by atoms with van der Waals surface area (Å²) in [4.78, 5) is 8.12. The number of anilines is 1. The summed E-state index contributed by atoms with van der Waals surface area (Å²) >= 11 is 1.72. The summed E-state index contributed by atoms with van der Waals surface area (Å²) in [7, 11) is 0. The SMILES string of the molecule is CCCCCSc1cncc(N)n1. The predicted octanol–water partition coefficient (Wildman–Crippen LogP) is 2.34. The van der Waals surface area contributed by atoms with Crippen molar-refractivity contribution in [1.29, 1.82) is 0 Å². The van der Waals surface area contributed by atoms with Gasteiger partial charge in [0.15, 0.2) is 0 Å². The van der Waals surface area contributed by atoms with Crippen LogP contribution in [0.15, 0.2) is 17.4 Å². The lowest BCUT2D eigenvalue weighted by molar-refractivity contribution is 0.778. The molecule has 0 aromatic carbocycles. The fraction of sp³-hybridized carbons (Fsp3) is 0.556. The van der Waals surface area contributed by atoms with Gasteiger partial charge in [0.25, 0.3) is 0 Å². The molecule has 0 amide bonds. The first-order valence-electron chi connectivity index (χ1n) is 4.53. The van der Waals surface area contributed by atoms with Crippen molar-refractivity contribution >= 4 is 17.6 Å². The number of aromatic nitrogens is 2. The van der Waals surface area contributed by atoms with Crippen molar-refractivity contribution in [1.82, 2.24) is 9.97 Å². The van der Waals surface area contributed by atoms with Crippen molar-refractivity contribution in [3.05, 3.63) is 12.4 Å². The number of nitrogens with two attached hydrogens (primary N) is 1. The van der Waals surface area contributed by atoms with E-state index >= 15 is 0 Å². The molecule has 1 aromatic heterocycles. The quantitative estimate of drug-likeness (QED) is 0.581. The molecule has 0 radical (unpaired) electrons. The maximum atomic E-state index is 5.50. The zero-order valence-corrected chi connectivity index (χ0v) is 8.68. The number of hydrogen-bond donors (Lipinski definition) is 1. The highest BCUT2D eigenvalue weighted by molar-refractivity contribution is 7.99. The third-order valence-electron chi connectivity index (χ3n) is 1.63. The van der Waals surface area contributed by atoms with Crippen molar-refractivity contribution in [2.75, 3.05) is 11.5 Å². The second-order valence-electron chi connectivity index (χ2n) is 2.84. The maximum Gasteiger partial charge on any atom is 0.143 e. The van der Waals surface area contributed by atoms with Crippen LogP contribution < -0.4 is 5.73 Å². The average Bonchev–Trinajstić information content (AvgIpc) is 2.13. The largest absolute Gasteiger partial charge is 0.382 e. The Kier molecular flexibility index (Phi) is 4.60. The van der Waals surface area contributed by atoms with Crippen LogP contribution >= 0.6 is 11.8 Å². The van der Waals surface area contributed by atoms with E-state index in [-0.39, 0.29) is 0 Å². The zero-order valence-electron chi connectivity index (χ0n) is 7.86. The van der Waals surface area contributed by atoms with E-state index in [9.17, 15) is 0 Å². The highest BCUT2D eigenvalue weighted by atomic mass is 32.2. The molecule has 2 N–H and O–H groups in total. The second kappa shape index (κ2) is 5.80. The average molecular weight is 197 g/mol. The van der Waals surface area contributed by atoms with Crippen LogP contribution in [0.3, 0.4) is 0 Å². The molecule has 3 nitrogen and oxygen atoms in total. The van der Waals surface area contributed by atoms with Crippen LogP contribution in [-0.4, -0.2) is 15.7 Å². The zero-order chi connectivity index (χ0) is 9.52. The number of nitrogen functional groups attached to an aromatic ring is 1. The van der Waals surface area contributed by atoms with Crippen molar-refractivity contribution in [2.45, 2.75) is 31.2 Å². The molecule has 0 unspecified atom stereocenters. The van der Waals surface area contributed by atoms with E-state index in [1.165, 1.54) is 19.3 Å². The third kappa shape index (κ3) is 4.12. The van der Waals surface area contributed by atoms with E-state index in [2.05, 4.69) is 16.9 Å². The van der Waals surface area contributed by atoms with Crippen molar-refractivity contribution in [2.24, 2.45) is 0 Å². The standard InChI is InChI=1S/C9H15N3S/c1-2-3-4-5-13-9-7-11-6-8(10)12-9/h6-7H,2-5H2,1H3,(H2,10,12). The van der Waals surface area contributed by atoms with Gasteiger partial charge in [-0.1, -0.05) is 19.8 Å². The molecule has 1 heterocycles. The van der Waals surface area contributed by atoms with E-state index in [1.54, 1.807) is 24.2 Å². The van der Waals surface area contributed by atoms with Crippen LogP contribution in [0.2, 0.25) is 0 Å². The van der Waals surface area contributed by atoms with Gasteiger partial charge >= 0.3 is 0 Å². The molecule has 0 atom stereocenters. The first-order valence-corrected chi connectivity index (χ1v) is 5.52. The molecular formula is C9H15N3S. The third-order valence-corrected chi connectivity index (χ3v) is 2.61. The molecule has 0 aliphatic rings. The molecule has 0 aliphatic carbocycles. The molecule has 0 spiro atoms. The van der Waals surface area contributed by atoms with Crippen LogP contribution in [0.1, 0.15) is 26.2 Å². The van der Waals surface area contributed by atoms with Gasteiger partial charge < -0.3 is 5.73 Å². The lowest BCUT2D eigenvalue weighted by Gasteiger charge is -1.99. The van der Waals surface area contributed by atoms with Crippen molar-refractivity contribution in [3.63, 3.8) is 0 Å². The number of thioether (sulfide) groups is 1. The van der Waals surface area contributed by atoms with Crippen LogP contribution in [0.4, 0.5) is 5.82 Å². The smallest absolute Gasteiger partial charge is 0.143 e. The molecule has 1 rings (SSSR count). The number of hydrogen-bond acceptors (Lipinski definition) is 4. The van der Waals surface area contributed by atoms with Gasteiger partial charge in [0, 0.05) is 0 Å². The van der Waals surface area contributed by atoms with Gasteiger partial charge in [0.2, 0.25) is 0 Å². The number of unbranched alkanes of at least 4 members (excludes halogenated alkanes) is 2. The van der Waals surface area contributed by atoms with Crippen LogP contribution in [0.25, 0.3) is 0 Å². The lowest BCUT2D eigenvalue weighted by Crippen LogP contribution is -1.92. The van der Waals surface area contributed by atoms with E-state index in [0.717, 1.165) is 10.8 Å². The Balaban J connectivity index is 2.28. The maximum absolute atomic E-state index is 5.50.